The highest BCUT2D eigenvalue weighted by Crippen LogP contribution is 2.22. The first-order valence-electron chi connectivity index (χ1n) is 9.84. The highest BCUT2D eigenvalue weighted by Gasteiger charge is 2.30. The fourth-order valence-electron chi connectivity index (χ4n) is 3.76. The fraction of sp³-hybridized carbons (Fsp3) is 0.650. The second kappa shape index (κ2) is 10.2. The number of carbonyl (C=O) groups is 1. The number of likely N-dealkylation sites (N-methyl/N-ethyl adjacent to an activating group) is 1. The molecular formula is C20H33N3O3S. The van der Waals surface area contributed by atoms with Gasteiger partial charge in [0, 0.05) is 26.2 Å². The van der Waals surface area contributed by atoms with Gasteiger partial charge in [0.05, 0.1) is 6.26 Å². The number of amides is 1. The van der Waals surface area contributed by atoms with Gasteiger partial charge in [0.1, 0.15) is 6.04 Å². The Bertz CT molecular complexity index is 694. The molecule has 0 bridgehead atoms. The van der Waals surface area contributed by atoms with E-state index < -0.39 is 16.1 Å². The lowest BCUT2D eigenvalue weighted by atomic mass is 10.00. The fourth-order valence-corrected chi connectivity index (χ4v) is 4.36. The molecule has 1 amide bonds. The van der Waals surface area contributed by atoms with Crippen LogP contribution in [0.5, 0.6) is 0 Å². The molecule has 0 unspecified atom stereocenters. The zero-order valence-electron chi connectivity index (χ0n) is 16.7. The Balaban J connectivity index is 1.94. The second-order valence-corrected chi connectivity index (χ2v) is 9.37. The molecule has 0 aliphatic carbocycles. The monoisotopic (exact) mass is 395 g/mol. The van der Waals surface area contributed by atoms with Gasteiger partial charge in [-0.2, -0.15) is 4.31 Å². The minimum atomic E-state index is -3.49. The van der Waals surface area contributed by atoms with Crippen molar-refractivity contribution in [3.63, 3.8) is 0 Å². The van der Waals surface area contributed by atoms with Gasteiger partial charge in [-0.05, 0) is 37.8 Å². The van der Waals surface area contributed by atoms with E-state index in [2.05, 4.69) is 17.1 Å². The van der Waals surface area contributed by atoms with E-state index in [9.17, 15) is 13.2 Å². The third kappa shape index (κ3) is 6.30. The molecule has 2 rings (SSSR count). The van der Waals surface area contributed by atoms with Crippen molar-refractivity contribution in [2.24, 2.45) is 0 Å². The van der Waals surface area contributed by atoms with Gasteiger partial charge < -0.3 is 10.2 Å². The Morgan fingerprint density at radius 3 is 2.63 bits per heavy atom. The van der Waals surface area contributed by atoms with Crippen molar-refractivity contribution >= 4 is 15.9 Å². The van der Waals surface area contributed by atoms with E-state index in [1.54, 1.807) is 12.1 Å². The normalized spacial score (nSPS) is 19.8. The van der Waals surface area contributed by atoms with Crippen molar-refractivity contribution in [3.05, 3.63) is 35.9 Å². The smallest absolute Gasteiger partial charge is 0.242 e. The van der Waals surface area contributed by atoms with Crippen LogP contribution in [0.25, 0.3) is 0 Å². The van der Waals surface area contributed by atoms with Crippen LogP contribution in [0.4, 0.5) is 0 Å². The molecule has 6 nitrogen and oxygen atoms in total. The van der Waals surface area contributed by atoms with Crippen molar-refractivity contribution in [2.45, 2.75) is 51.1 Å². The first kappa shape index (κ1) is 21.9. The zero-order chi connectivity index (χ0) is 19.9. The van der Waals surface area contributed by atoms with E-state index in [1.165, 1.54) is 32.7 Å². The number of carbonyl (C=O) groups excluding carboxylic acids is 1. The lowest BCUT2D eigenvalue weighted by molar-refractivity contribution is -0.124. The van der Waals surface area contributed by atoms with Crippen LogP contribution < -0.4 is 5.32 Å². The van der Waals surface area contributed by atoms with Crippen molar-refractivity contribution < 1.29 is 13.2 Å². The van der Waals surface area contributed by atoms with Crippen LogP contribution >= 0.6 is 0 Å². The SMILES string of the molecule is CC[C@H]1CCCCN1CCCNC(=O)[C@@H](c1ccccc1)N(C)S(C)(=O)=O. The van der Waals surface area contributed by atoms with Gasteiger partial charge in [-0.15, -0.1) is 0 Å². The number of nitrogens with one attached hydrogen (secondary N) is 1. The molecule has 152 valence electrons. The number of sulfonamides is 1. The summed E-state index contributed by atoms with van der Waals surface area (Å²) in [6.45, 7) is 4.88. The molecule has 2 atom stereocenters. The summed E-state index contributed by atoms with van der Waals surface area (Å²) in [6, 6.07) is 8.85. The summed E-state index contributed by atoms with van der Waals surface area (Å²) >= 11 is 0. The van der Waals surface area contributed by atoms with Crippen LogP contribution in [0.1, 0.15) is 50.6 Å². The Morgan fingerprint density at radius 1 is 1.30 bits per heavy atom. The zero-order valence-corrected chi connectivity index (χ0v) is 17.5. The van der Waals surface area contributed by atoms with E-state index in [-0.39, 0.29) is 5.91 Å². The van der Waals surface area contributed by atoms with Gasteiger partial charge in [0.15, 0.2) is 0 Å². The van der Waals surface area contributed by atoms with Crippen LogP contribution in [0.2, 0.25) is 0 Å². The van der Waals surface area contributed by atoms with E-state index in [0.29, 0.717) is 18.2 Å². The Labute approximate surface area is 164 Å². The van der Waals surface area contributed by atoms with E-state index in [0.717, 1.165) is 30.1 Å². The quantitative estimate of drug-likeness (QED) is 0.652. The highest BCUT2D eigenvalue weighted by atomic mass is 32.2. The molecule has 1 aliphatic heterocycles. The predicted octanol–water partition coefficient (Wildman–Crippen LogP) is 2.39. The Morgan fingerprint density at radius 2 is 2.00 bits per heavy atom. The number of piperidine rings is 1. The summed E-state index contributed by atoms with van der Waals surface area (Å²) in [5, 5.41) is 2.93. The largest absolute Gasteiger partial charge is 0.354 e. The molecule has 0 radical (unpaired) electrons. The minimum Gasteiger partial charge on any atom is -0.354 e. The molecule has 1 aromatic rings. The molecular weight excluding hydrogens is 362 g/mol. The molecule has 0 saturated carbocycles. The summed E-state index contributed by atoms with van der Waals surface area (Å²) in [5.41, 5.74) is 0.671. The number of nitrogens with zero attached hydrogens (tertiary/aromatic N) is 2. The standard InChI is InChI=1S/C20H33N3O3S/c1-4-18-13-8-9-15-23(18)16-10-14-21-20(24)19(22(2)27(3,25)26)17-11-6-5-7-12-17/h5-7,11-12,18-19H,4,8-10,13-16H2,1-3H3,(H,21,24)/t18-,19+/m0/s1. The number of benzene rings is 1. The molecule has 1 aliphatic rings. The topological polar surface area (TPSA) is 69.7 Å². The van der Waals surface area contributed by atoms with Crippen LogP contribution in [-0.4, -0.2) is 62.5 Å². The number of hydrogen-bond donors (Lipinski definition) is 1. The van der Waals surface area contributed by atoms with Crippen LogP contribution in [0, 0.1) is 0 Å². The molecule has 1 fully saturated rings. The van der Waals surface area contributed by atoms with E-state index in [1.807, 2.05) is 18.2 Å². The molecule has 1 aromatic carbocycles. The maximum atomic E-state index is 12.8. The van der Waals surface area contributed by atoms with Gasteiger partial charge in [0.2, 0.25) is 15.9 Å². The first-order chi connectivity index (χ1) is 12.8. The Kier molecular flexibility index (Phi) is 8.26. The maximum Gasteiger partial charge on any atom is 0.242 e. The van der Waals surface area contributed by atoms with E-state index in [4.69, 9.17) is 0 Å². The van der Waals surface area contributed by atoms with Gasteiger partial charge in [0.25, 0.3) is 0 Å². The number of hydrogen-bond acceptors (Lipinski definition) is 4. The highest BCUT2D eigenvalue weighted by molar-refractivity contribution is 7.88. The van der Waals surface area contributed by atoms with Gasteiger partial charge >= 0.3 is 0 Å². The molecule has 1 saturated heterocycles. The predicted molar refractivity (Wildman–Crippen MR) is 109 cm³/mol. The maximum absolute atomic E-state index is 12.8. The summed E-state index contributed by atoms with van der Waals surface area (Å²) in [4.78, 5) is 15.3. The lowest BCUT2D eigenvalue weighted by Gasteiger charge is -2.35. The summed E-state index contributed by atoms with van der Waals surface area (Å²) in [5.74, 6) is -0.278. The summed E-state index contributed by atoms with van der Waals surface area (Å²) in [7, 11) is -2.04. The third-order valence-corrected chi connectivity index (χ3v) is 6.65. The molecule has 1 N–H and O–H groups in total. The minimum absolute atomic E-state index is 0.278. The molecule has 0 spiro atoms. The average molecular weight is 396 g/mol. The molecule has 1 heterocycles. The van der Waals surface area contributed by atoms with Crippen LogP contribution in [0.3, 0.4) is 0 Å². The van der Waals surface area contributed by atoms with Crippen molar-refractivity contribution in [1.29, 1.82) is 0 Å². The van der Waals surface area contributed by atoms with Crippen molar-refractivity contribution in [3.8, 4) is 0 Å². The van der Waals surface area contributed by atoms with Crippen molar-refractivity contribution in [2.75, 3.05) is 32.9 Å². The molecule has 7 heteroatoms. The van der Waals surface area contributed by atoms with E-state index >= 15 is 0 Å². The van der Waals surface area contributed by atoms with Gasteiger partial charge in [-0.3, -0.25) is 4.79 Å². The van der Waals surface area contributed by atoms with Crippen molar-refractivity contribution in [1.82, 2.24) is 14.5 Å². The molecule has 27 heavy (non-hydrogen) atoms. The number of likely N-dealkylation sites (tertiary alicyclic amines) is 1. The molecule has 0 aromatic heterocycles. The summed E-state index contributed by atoms with van der Waals surface area (Å²) in [6.07, 6.45) is 6.98. The summed E-state index contributed by atoms with van der Waals surface area (Å²) < 4.78 is 25.1. The lowest BCUT2D eigenvalue weighted by Crippen LogP contribution is -2.43. The second-order valence-electron chi connectivity index (χ2n) is 7.33. The average Bonchev–Trinajstić information content (AvgIpc) is 2.66. The van der Waals surface area contributed by atoms with Crippen LogP contribution in [-0.2, 0) is 14.8 Å². The van der Waals surface area contributed by atoms with Gasteiger partial charge in [-0.25, -0.2) is 8.42 Å². The third-order valence-electron chi connectivity index (χ3n) is 5.39. The first-order valence-corrected chi connectivity index (χ1v) is 11.7. The Hall–Kier alpha value is -1.44. The number of rotatable bonds is 9. The van der Waals surface area contributed by atoms with Crippen LogP contribution in [0.15, 0.2) is 30.3 Å². The van der Waals surface area contributed by atoms with Gasteiger partial charge in [-0.1, -0.05) is 43.7 Å².